The van der Waals surface area contributed by atoms with Gasteiger partial charge in [0.25, 0.3) is 0 Å². The summed E-state index contributed by atoms with van der Waals surface area (Å²) in [6.45, 7) is 7.40. The Morgan fingerprint density at radius 1 is 1.23 bits per heavy atom. The van der Waals surface area contributed by atoms with Crippen LogP contribution in [0.25, 0.3) is 6.08 Å². The lowest BCUT2D eigenvalue weighted by atomic mass is 9.94. The molecule has 1 N–H and O–H groups in total. The van der Waals surface area contributed by atoms with E-state index in [2.05, 4.69) is 32.2 Å². The van der Waals surface area contributed by atoms with Crippen molar-refractivity contribution < 1.29 is 4.79 Å². The van der Waals surface area contributed by atoms with Gasteiger partial charge in [-0.05, 0) is 39.7 Å². The van der Waals surface area contributed by atoms with Gasteiger partial charge < -0.3 is 10.2 Å². The molecule has 156 valence electrons. The van der Waals surface area contributed by atoms with Crippen LogP contribution in [-0.2, 0) is 4.79 Å². The van der Waals surface area contributed by atoms with Crippen molar-refractivity contribution >= 4 is 45.6 Å². The average Bonchev–Trinajstić information content (AvgIpc) is 3.31. The summed E-state index contributed by atoms with van der Waals surface area (Å²) in [6, 6.07) is 0. The molecule has 9 heteroatoms. The van der Waals surface area contributed by atoms with Crippen LogP contribution in [0.15, 0.2) is 23.8 Å². The molecule has 30 heavy (non-hydrogen) atoms. The Labute approximate surface area is 183 Å². The van der Waals surface area contributed by atoms with E-state index in [4.69, 9.17) is 0 Å². The second-order valence-electron chi connectivity index (χ2n) is 7.32. The van der Waals surface area contributed by atoms with Crippen LogP contribution in [-0.4, -0.2) is 43.8 Å². The van der Waals surface area contributed by atoms with Crippen LogP contribution in [0.5, 0.6) is 0 Å². The molecule has 1 atom stereocenters. The molecule has 7 nitrogen and oxygen atoms in total. The van der Waals surface area contributed by atoms with Crippen molar-refractivity contribution in [3.8, 4) is 0 Å². The molecular weight excluding hydrogens is 416 g/mol. The second kappa shape index (κ2) is 9.01. The van der Waals surface area contributed by atoms with E-state index in [-0.39, 0.29) is 11.8 Å². The van der Waals surface area contributed by atoms with E-state index in [9.17, 15) is 4.79 Å². The van der Waals surface area contributed by atoms with Gasteiger partial charge >= 0.3 is 0 Å². The first-order valence-electron chi connectivity index (χ1n) is 9.90. The number of likely N-dealkylation sites (tertiary alicyclic amines) is 1. The topological polar surface area (TPSA) is 83.9 Å². The monoisotopic (exact) mass is 440 g/mol. The zero-order valence-corrected chi connectivity index (χ0v) is 18.9. The summed E-state index contributed by atoms with van der Waals surface area (Å²) in [5, 5.41) is 7.10. The Morgan fingerprint density at radius 3 is 2.80 bits per heavy atom. The maximum atomic E-state index is 12.7. The highest BCUT2D eigenvalue weighted by Crippen LogP contribution is 2.32. The molecule has 0 spiro atoms. The molecule has 1 unspecified atom stereocenters. The molecule has 4 heterocycles. The minimum absolute atomic E-state index is 0.00919. The molecule has 0 aliphatic carbocycles. The maximum absolute atomic E-state index is 12.7. The Bertz CT molecular complexity index is 1050. The van der Waals surface area contributed by atoms with E-state index in [0.29, 0.717) is 6.54 Å². The van der Waals surface area contributed by atoms with Crippen LogP contribution in [0.3, 0.4) is 0 Å². The summed E-state index contributed by atoms with van der Waals surface area (Å²) in [4.78, 5) is 33.8. The molecule has 3 aromatic heterocycles. The zero-order valence-electron chi connectivity index (χ0n) is 17.3. The number of hydrogen-bond acceptors (Lipinski definition) is 8. The highest BCUT2D eigenvalue weighted by Gasteiger charge is 2.27. The van der Waals surface area contributed by atoms with Gasteiger partial charge in [0, 0.05) is 47.7 Å². The quantitative estimate of drug-likeness (QED) is 0.589. The highest BCUT2D eigenvalue weighted by atomic mass is 32.1. The van der Waals surface area contributed by atoms with Crippen molar-refractivity contribution in [2.24, 2.45) is 0 Å². The first kappa shape index (κ1) is 20.6. The summed E-state index contributed by atoms with van der Waals surface area (Å²) >= 11 is 3.19. The lowest BCUT2D eigenvalue weighted by Gasteiger charge is -2.32. The summed E-state index contributed by atoms with van der Waals surface area (Å²) < 4.78 is 0. The van der Waals surface area contributed by atoms with Gasteiger partial charge in [0.2, 0.25) is 5.91 Å². The SMILES string of the molecule is Cc1nc(C=CC(=O)N2CCCC(c3nccnc3Nc3nc(C)c(C)s3)C2)cs1. The average molecular weight is 441 g/mol. The van der Waals surface area contributed by atoms with Crippen LogP contribution in [0.4, 0.5) is 10.9 Å². The van der Waals surface area contributed by atoms with Gasteiger partial charge in [-0.1, -0.05) is 0 Å². The van der Waals surface area contributed by atoms with Crippen LogP contribution in [0.1, 0.15) is 45.7 Å². The number of nitrogens with one attached hydrogen (secondary N) is 1. The minimum Gasteiger partial charge on any atom is -0.338 e. The standard InChI is InChI=1S/C21H24N6OS2/c1-13-14(2)30-21(24-13)26-20-19(22-8-9-23-20)16-5-4-10-27(11-16)18(28)7-6-17-12-29-15(3)25-17/h6-9,12,16H,4-5,10-11H2,1-3H3,(H,23,24,26). The number of nitrogens with zero attached hydrogens (tertiary/aromatic N) is 5. The Balaban J connectivity index is 1.48. The Hall–Kier alpha value is -2.65. The number of rotatable bonds is 5. The number of carbonyl (C=O) groups is 1. The van der Waals surface area contributed by atoms with E-state index < -0.39 is 0 Å². The largest absolute Gasteiger partial charge is 0.338 e. The molecule has 4 rings (SSSR count). The summed E-state index contributed by atoms with van der Waals surface area (Å²) in [5.74, 6) is 0.866. The summed E-state index contributed by atoms with van der Waals surface area (Å²) in [7, 11) is 0. The third-order valence-electron chi connectivity index (χ3n) is 5.13. The van der Waals surface area contributed by atoms with E-state index in [1.54, 1.807) is 47.2 Å². The van der Waals surface area contributed by atoms with Crippen LogP contribution >= 0.6 is 22.7 Å². The molecule has 0 saturated carbocycles. The maximum Gasteiger partial charge on any atom is 0.246 e. The predicted molar refractivity (Wildman–Crippen MR) is 121 cm³/mol. The van der Waals surface area contributed by atoms with E-state index in [1.165, 1.54) is 4.88 Å². The fraction of sp³-hybridized carbons (Fsp3) is 0.381. The van der Waals surface area contributed by atoms with Gasteiger partial charge in [-0.15, -0.1) is 22.7 Å². The van der Waals surface area contributed by atoms with Crippen LogP contribution in [0.2, 0.25) is 0 Å². The van der Waals surface area contributed by atoms with Crippen LogP contribution < -0.4 is 5.32 Å². The molecule has 3 aromatic rings. The summed E-state index contributed by atoms with van der Waals surface area (Å²) in [5.41, 5.74) is 2.73. The van der Waals surface area contributed by atoms with Crippen molar-refractivity contribution in [1.29, 1.82) is 0 Å². The van der Waals surface area contributed by atoms with Crippen molar-refractivity contribution in [2.45, 2.75) is 39.5 Å². The number of carbonyl (C=O) groups excluding carboxylic acids is 1. The number of aromatic nitrogens is 4. The third kappa shape index (κ3) is 4.73. The van der Waals surface area contributed by atoms with Crippen molar-refractivity contribution in [1.82, 2.24) is 24.8 Å². The van der Waals surface area contributed by atoms with Crippen molar-refractivity contribution in [2.75, 3.05) is 18.4 Å². The molecule has 1 fully saturated rings. The normalized spacial score (nSPS) is 16.9. The number of aryl methyl sites for hydroxylation is 3. The predicted octanol–water partition coefficient (Wildman–Crippen LogP) is 4.48. The number of amides is 1. The molecule has 0 radical (unpaired) electrons. The minimum atomic E-state index is 0.00919. The second-order valence-corrected chi connectivity index (χ2v) is 9.59. The van der Waals surface area contributed by atoms with Crippen LogP contribution in [0, 0.1) is 20.8 Å². The molecule has 1 aliphatic rings. The third-order valence-corrected chi connectivity index (χ3v) is 6.91. The smallest absolute Gasteiger partial charge is 0.246 e. The summed E-state index contributed by atoms with van der Waals surface area (Å²) in [6.07, 6.45) is 8.72. The Kier molecular flexibility index (Phi) is 6.19. The van der Waals surface area contributed by atoms with E-state index >= 15 is 0 Å². The van der Waals surface area contributed by atoms with Gasteiger partial charge in [0.05, 0.1) is 22.1 Å². The van der Waals surface area contributed by atoms with Crippen molar-refractivity contribution in [3.63, 3.8) is 0 Å². The first-order chi connectivity index (χ1) is 14.5. The molecular formula is C21H24N6OS2. The van der Waals surface area contributed by atoms with Crippen molar-refractivity contribution in [3.05, 3.63) is 50.8 Å². The molecule has 1 saturated heterocycles. The highest BCUT2D eigenvalue weighted by molar-refractivity contribution is 7.15. The number of thiazole rings is 2. The van der Waals surface area contributed by atoms with Gasteiger partial charge in [0.1, 0.15) is 0 Å². The number of piperidine rings is 1. The lowest BCUT2D eigenvalue weighted by molar-refractivity contribution is -0.127. The molecule has 1 aliphatic heterocycles. The lowest BCUT2D eigenvalue weighted by Crippen LogP contribution is -2.38. The fourth-order valence-corrected chi connectivity index (χ4v) is 4.88. The van der Waals surface area contributed by atoms with E-state index in [0.717, 1.165) is 52.4 Å². The first-order valence-corrected chi connectivity index (χ1v) is 11.6. The molecule has 0 bridgehead atoms. The number of anilines is 2. The van der Waals surface area contributed by atoms with Gasteiger partial charge in [-0.25, -0.2) is 15.0 Å². The van der Waals surface area contributed by atoms with E-state index in [1.807, 2.05) is 24.1 Å². The Morgan fingerprint density at radius 2 is 2.07 bits per heavy atom. The fourth-order valence-electron chi connectivity index (χ4n) is 3.49. The number of hydrogen-bond donors (Lipinski definition) is 1. The van der Waals surface area contributed by atoms with Gasteiger partial charge in [-0.2, -0.15) is 0 Å². The molecule has 0 aromatic carbocycles. The molecule has 1 amide bonds. The van der Waals surface area contributed by atoms with Gasteiger partial charge in [-0.3, -0.25) is 9.78 Å². The zero-order chi connectivity index (χ0) is 21.1. The van der Waals surface area contributed by atoms with Gasteiger partial charge in [0.15, 0.2) is 10.9 Å².